The van der Waals surface area contributed by atoms with Gasteiger partial charge in [0.1, 0.15) is 24.4 Å². The minimum absolute atomic E-state index is 0.0753. The molecule has 2 aromatic rings. The van der Waals surface area contributed by atoms with E-state index in [1.807, 2.05) is 12.5 Å². The Balaban J connectivity index is 2.09. The highest BCUT2D eigenvalue weighted by Crippen LogP contribution is 2.20. The summed E-state index contributed by atoms with van der Waals surface area (Å²) in [4.78, 5) is 98.4. The smallest absolute Gasteiger partial charge is 0.465 e. The maximum atomic E-state index is 13.5. The van der Waals surface area contributed by atoms with Crippen molar-refractivity contribution in [1.29, 1.82) is 0 Å². The zero-order valence-corrected chi connectivity index (χ0v) is 30.8. The molecule has 20 heteroatoms. The number of ether oxygens (including phenoxy) is 1. The number of hydrogen-bond donors (Lipinski definition) is 7. The molecule has 16 nitrogen and oxygen atoms in total. The third-order valence-corrected chi connectivity index (χ3v) is 7.91. The average Bonchev–Trinajstić information content (AvgIpc) is 3.11. The first-order valence-electron chi connectivity index (χ1n) is 16.3. The van der Waals surface area contributed by atoms with E-state index in [0.29, 0.717) is 16.9 Å². The van der Waals surface area contributed by atoms with Gasteiger partial charge in [0.25, 0.3) is 5.91 Å². The van der Waals surface area contributed by atoms with Crippen LogP contribution in [0.2, 0.25) is 0 Å². The molecular formula is C34H43F3N7O9S+. The maximum absolute atomic E-state index is 13.5. The van der Waals surface area contributed by atoms with Crippen molar-refractivity contribution in [3.8, 4) is 0 Å². The molecule has 0 aliphatic carbocycles. The highest BCUT2D eigenvalue weighted by molar-refractivity contribution is 7.94. The van der Waals surface area contributed by atoms with Gasteiger partial charge < -0.3 is 42.0 Å². The van der Waals surface area contributed by atoms with Crippen molar-refractivity contribution in [3.05, 3.63) is 65.2 Å². The Kier molecular flexibility index (Phi) is 17.9. The number of carbonyl (C=O) groups excluding carboxylic acids is 8. The van der Waals surface area contributed by atoms with Crippen molar-refractivity contribution >= 4 is 63.9 Å². The fraction of sp³-hybridized carbons (Fsp3) is 0.412. The first-order valence-corrected chi connectivity index (χ1v) is 18.5. The minimum Gasteiger partial charge on any atom is -0.465 e. The van der Waals surface area contributed by atoms with E-state index in [9.17, 15) is 51.5 Å². The lowest BCUT2D eigenvalue weighted by Gasteiger charge is -2.22. The second kappa shape index (κ2) is 21.8. The predicted octanol–water partition coefficient (Wildman–Crippen LogP) is -0.561. The van der Waals surface area contributed by atoms with E-state index < -0.39 is 85.2 Å². The fourth-order valence-corrected chi connectivity index (χ4v) is 5.29. The first kappa shape index (κ1) is 44.5. The molecule has 2 atom stereocenters. The Morgan fingerprint density at radius 3 is 1.89 bits per heavy atom. The van der Waals surface area contributed by atoms with Crippen LogP contribution in [0.5, 0.6) is 0 Å². The second-order valence-electron chi connectivity index (χ2n) is 11.8. The summed E-state index contributed by atoms with van der Waals surface area (Å²) in [6, 6.07) is 9.96. The van der Waals surface area contributed by atoms with Gasteiger partial charge in [-0.1, -0.05) is 36.4 Å². The molecule has 2 aromatic carbocycles. The molecule has 0 spiro atoms. The van der Waals surface area contributed by atoms with Crippen LogP contribution in [0.3, 0.4) is 0 Å². The zero-order valence-electron chi connectivity index (χ0n) is 29.9. The summed E-state index contributed by atoms with van der Waals surface area (Å²) < 4.78 is 42.9. The van der Waals surface area contributed by atoms with E-state index >= 15 is 0 Å². The van der Waals surface area contributed by atoms with E-state index in [0.717, 1.165) is 6.92 Å². The number of hydrogen-bond acceptors (Lipinski definition) is 9. The van der Waals surface area contributed by atoms with Gasteiger partial charge in [-0.05, 0) is 42.4 Å². The van der Waals surface area contributed by atoms with Gasteiger partial charge in [0.15, 0.2) is 0 Å². The number of nitrogens with one attached hydrogen (secondary N) is 7. The summed E-state index contributed by atoms with van der Waals surface area (Å²) in [5.41, 5.74) is 1.42. The van der Waals surface area contributed by atoms with Crippen LogP contribution in [0.25, 0.3) is 0 Å². The van der Waals surface area contributed by atoms with Crippen molar-refractivity contribution in [2.75, 3.05) is 50.6 Å². The van der Waals surface area contributed by atoms with Gasteiger partial charge in [-0.25, -0.2) is 0 Å². The second-order valence-corrected chi connectivity index (χ2v) is 14.0. The Bertz CT molecular complexity index is 1680. The molecule has 7 N–H and O–H groups in total. The van der Waals surface area contributed by atoms with Crippen LogP contribution >= 0.6 is 0 Å². The summed E-state index contributed by atoms with van der Waals surface area (Å²) in [7, 11) is -0.184. The molecule has 0 saturated heterocycles. The highest BCUT2D eigenvalue weighted by Gasteiger charge is 2.40. The molecule has 7 amide bonds. The molecule has 0 aliphatic rings. The molecule has 0 aliphatic heterocycles. The van der Waals surface area contributed by atoms with Gasteiger partial charge >= 0.3 is 18.1 Å². The van der Waals surface area contributed by atoms with Crippen LogP contribution in [0.4, 0.5) is 18.9 Å². The van der Waals surface area contributed by atoms with E-state index in [1.165, 1.54) is 12.1 Å². The van der Waals surface area contributed by atoms with Crippen LogP contribution in [-0.4, -0.2) is 111 Å². The average molecular weight is 783 g/mol. The molecule has 0 radical (unpaired) electrons. The van der Waals surface area contributed by atoms with Crippen molar-refractivity contribution in [2.24, 2.45) is 0 Å². The van der Waals surface area contributed by atoms with E-state index in [4.69, 9.17) is 0 Å². The minimum atomic E-state index is -5.22. The number of anilines is 1. The van der Waals surface area contributed by atoms with Gasteiger partial charge in [0.05, 0.1) is 38.8 Å². The van der Waals surface area contributed by atoms with E-state index in [2.05, 4.69) is 36.6 Å². The Morgan fingerprint density at radius 1 is 0.759 bits per heavy atom. The normalized spacial score (nSPS) is 12.0. The predicted molar refractivity (Wildman–Crippen MR) is 192 cm³/mol. The number of esters is 1. The molecule has 2 rings (SSSR count). The van der Waals surface area contributed by atoms with Crippen molar-refractivity contribution in [1.82, 2.24) is 31.9 Å². The summed E-state index contributed by atoms with van der Waals surface area (Å²) >= 11 is 0. The molecule has 0 saturated carbocycles. The van der Waals surface area contributed by atoms with Gasteiger partial charge in [0.2, 0.25) is 29.5 Å². The molecule has 54 heavy (non-hydrogen) atoms. The summed E-state index contributed by atoms with van der Waals surface area (Å²) in [5, 5.41) is 15.8. The lowest BCUT2D eigenvalue weighted by molar-refractivity contribution is -0.174. The largest absolute Gasteiger partial charge is 0.471 e. The van der Waals surface area contributed by atoms with Crippen LogP contribution in [0.15, 0.2) is 48.5 Å². The Morgan fingerprint density at radius 2 is 1.33 bits per heavy atom. The third-order valence-electron chi connectivity index (χ3n) is 7.02. The first-order chi connectivity index (χ1) is 25.4. The quantitative estimate of drug-likeness (QED) is 0.0715. The maximum Gasteiger partial charge on any atom is 0.471 e. The summed E-state index contributed by atoms with van der Waals surface area (Å²) in [6.07, 6.45) is -1.42. The van der Waals surface area contributed by atoms with Gasteiger partial charge in [-0.3, -0.25) is 38.4 Å². The molecule has 294 valence electrons. The van der Waals surface area contributed by atoms with Crippen molar-refractivity contribution in [2.45, 2.75) is 44.3 Å². The zero-order chi connectivity index (χ0) is 40.4. The van der Waals surface area contributed by atoms with Gasteiger partial charge in [-0.2, -0.15) is 13.2 Å². The van der Waals surface area contributed by atoms with Crippen LogP contribution in [0, 0.1) is 0 Å². The van der Waals surface area contributed by atoms with Crippen molar-refractivity contribution < 1.29 is 56.3 Å². The molecule has 0 bridgehead atoms. The summed E-state index contributed by atoms with van der Waals surface area (Å²) in [6.45, 7) is 0.875. The molecule has 0 unspecified atom stereocenters. The fourth-order valence-electron chi connectivity index (χ4n) is 4.42. The van der Waals surface area contributed by atoms with Crippen LogP contribution in [-0.2, 0) is 61.4 Å². The van der Waals surface area contributed by atoms with Crippen LogP contribution in [0.1, 0.15) is 35.3 Å². The SMILES string of the molecule is CCOC(=O)CNC(=O)CNC(=O)CNC(=O)CNC(=O)c1cc(NC(=O)[C@H](Cc2ccccc2)NC(=O)[C@H](C)NC(=O)C(F)(F)F)ccc1C[S+](C)C. The summed E-state index contributed by atoms with van der Waals surface area (Å²) in [5.74, 6) is -7.13. The topological polar surface area (TPSA) is 230 Å². The molecule has 0 fully saturated rings. The van der Waals surface area contributed by atoms with Crippen LogP contribution < -0.4 is 37.2 Å². The van der Waals surface area contributed by atoms with Gasteiger partial charge in [-0.15, -0.1) is 0 Å². The standard InChI is InChI=1S/C34H42F3N7O9S/c1-5-53-29(48)18-40-27(46)16-38-26(45)15-39-28(47)17-41-31(50)24-14-23(12-11-22(24)19-54(3)4)43-32(51)25(13-21-9-7-6-8-10-21)44-30(49)20(2)42-33(52)34(35,36)37/h6-12,14,20,25H,5,13,15-19H2,1-4H3,(H6-,38,39,40,41,42,43,44,45,46,47,49,50,51,52)/p+1/t20-,25-/m0/s1. The number of rotatable bonds is 19. The van der Waals surface area contributed by atoms with Gasteiger partial charge in [0, 0.05) is 23.2 Å². The number of carbonyl (C=O) groups is 8. The number of amides is 7. The highest BCUT2D eigenvalue weighted by atomic mass is 32.2. The molecule has 0 aromatic heterocycles. The molecule has 0 heterocycles. The van der Waals surface area contributed by atoms with E-state index in [1.54, 1.807) is 48.6 Å². The Labute approximate surface area is 311 Å². The Hall–Kier alpha value is -5.66. The lowest BCUT2D eigenvalue weighted by atomic mass is 10.0. The number of benzene rings is 2. The number of halogens is 3. The third kappa shape index (κ3) is 16.3. The van der Waals surface area contributed by atoms with Crippen molar-refractivity contribution in [3.63, 3.8) is 0 Å². The van der Waals surface area contributed by atoms with E-state index in [-0.39, 0.29) is 41.7 Å². The lowest BCUT2D eigenvalue weighted by Crippen LogP contribution is -2.54. The number of alkyl halides is 3. The molecular weight excluding hydrogens is 739 g/mol. The monoisotopic (exact) mass is 782 g/mol.